The van der Waals surface area contributed by atoms with E-state index in [1.165, 1.54) is 0 Å². The molecule has 5 heteroatoms. The van der Waals surface area contributed by atoms with Gasteiger partial charge in [-0.3, -0.25) is 9.59 Å². The van der Waals surface area contributed by atoms with Crippen LogP contribution in [0.25, 0.3) is 0 Å². The van der Waals surface area contributed by atoms with E-state index in [4.69, 9.17) is 4.74 Å². The predicted molar refractivity (Wildman–Crippen MR) is 107 cm³/mol. The molecular formula is C23H27NO4. The van der Waals surface area contributed by atoms with E-state index in [2.05, 4.69) is 0 Å². The highest BCUT2D eigenvalue weighted by Crippen LogP contribution is 2.36. The minimum atomic E-state index is -0.921. The number of benzene rings is 2. The van der Waals surface area contributed by atoms with Crippen LogP contribution in [0.4, 0.5) is 0 Å². The topological polar surface area (TPSA) is 66.8 Å². The number of aliphatic carboxylic acids is 1. The Morgan fingerprint density at radius 1 is 1.04 bits per heavy atom. The third kappa shape index (κ3) is 4.25. The summed E-state index contributed by atoms with van der Waals surface area (Å²) >= 11 is 0. The number of amides is 1. The molecule has 2 aromatic rings. The van der Waals surface area contributed by atoms with E-state index >= 15 is 0 Å². The first-order valence-electron chi connectivity index (χ1n) is 9.71. The Morgan fingerprint density at radius 3 is 2.18 bits per heavy atom. The number of carboxylic acid groups (broad SMARTS) is 1. The molecular weight excluding hydrogens is 354 g/mol. The Hall–Kier alpha value is -2.66. The van der Waals surface area contributed by atoms with Crippen molar-refractivity contribution in [3.8, 4) is 0 Å². The van der Waals surface area contributed by atoms with Crippen LogP contribution in [0.3, 0.4) is 0 Å². The zero-order valence-corrected chi connectivity index (χ0v) is 16.4. The van der Waals surface area contributed by atoms with Crippen molar-refractivity contribution >= 4 is 11.9 Å². The van der Waals surface area contributed by atoms with Crippen molar-refractivity contribution < 1.29 is 19.4 Å². The van der Waals surface area contributed by atoms with Crippen LogP contribution in [0.1, 0.15) is 48.2 Å². The van der Waals surface area contributed by atoms with Crippen LogP contribution in [0, 0.1) is 0 Å². The van der Waals surface area contributed by atoms with Crippen molar-refractivity contribution in [2.75, 3.05) is 13.1 Å². The maximum atomic E-state index is 12.8. The molecule has 5 nitrogen and oxygen atoms in total. The van der Waals surface area contributed by atoms with Gasteiger partial charge in [-0.2, -0.15) is 0 Å². The normalized spacial score (nSPS) is 16.2. The number of ether oxygens (including phenoxy) is 1. The van der Waals surface area contributed by atoms with Gasteiger partial charge in [-0.25, -0.2) is 0 Å². The Kier molecular flexibility index (Phi) is 6.15. The third-order valence-corrected chi connectivity index (χ3v) is 5.42. The van der Waals surface area contributed by atoms with Crippen LogP contribution in [0.2, 0.25) is 0 Å². The summed E-state index contributed by atoms with van der Waals surface area (Å²) in [5, 5.41) is 9.89. The van der Waals surface area contributed by atoms with Gasteiger partial charge in [0.25, 0.3) is 5.91 Å². The molecule has 1 N–H and O–H groups in total. The van der Waals surface area contributed by atoms with Crippen molar-refractivity contribution in [1.82, 2.24) is 4.90 Å². The van der Waals surface area contributed by atoms with Gasteiger partial charge in [-0.15, -0.1) is 0 Å². The second-order valence-corrected chi connectivity index (χ2v) is 7.60. The standard InChI is InChI=1S/C23H27NO4/c1-17(2)28-16-18-8-10-19(11-9-18)21(25)24-14-12-23(13-15-24,22(26)27)20-6-4-3-5-7-20/h3-11,17H,12-16H2,1-2H3,(H,26,27). The van der Waals surface area contributed by atoms with E-state index in [0.717, 1.165) is 11.1 Å². The first-order valence-corrected chi connectivity index (χ1v) is 9.71. The molecule has 148 valence electrons. The molecule has 0 atom stereocenters. The van der Waals surface area contributed by atoms with Crippen LogP contribution in [-0.4, -0.2) is 41.1 Å². The Labute approximate surface area is 165 Å². The van der Waals surface area contributed by atoms with Crippen LogP contribution in [0.15, 0.2) is 54.6 Å². The number of piperidine rings is 1. The third-order valence-electron chi connectivity index (χ3n) is 5.42. The van der Waals surface area contributed by atoms with E-state index in [0.29, 0.717) is 38.1 Å². The molecule has 1 aliphatic rings. The second-order valence-electron chi connectivity index (χ2n) is 7.60. The minimum absolute atomic E-state index is 0.0524. The SMILES string of the molecule is CC(C)OCc1ccc(C(=O)N2CCC(C(=O)O)(c3ccccc3)CC2)cc1. The van der Waals surface area contributed by atoms with E-state index < -0.39 is 11.4 Å². The highest BCUT2D eigenvalue weighted by Gasteiger charge is 2.43. The average Bonchev–Trinajstić information content (AvgIpc) is 2.72. The molecule has 1 aliphatic heterocycles. The summed E-state index contributed by atoms with van der Waals surface area (Å²) in [6.45, 7) is 5.35. The van der Waals surface area contributed by atoms with Gasteiger partial charge < -0.3 is 14.7 Å². The minimum Gasteiger partial charge on any atom is -0.481 e. The molecule has 1 heterocycles. The molecule has 0 bridgehead atoms. The summed E-state index contributed by atoms with van der Waals surface area (Å²) < 4.78 is 5.58. The fraction of sp³-hybridized carbons (Fsp3) is 0.391. The Bertz CT molecular complexity index is 806. The van der Waals surface area contributed by atoms with Crippen LogP contribution >= 0.6 is 0 Å². The molecule has 0 radical (unpaired) electrons. The molecule has 0 aliphatic carbocycles. The lowest BCUT2D eigenvalue weighted by atomic mass is 9.73. The molecule has 0 aromatic heterocycles. The Balaban J connectivity index is 1.67. The Morgan fingerprint density at radius 2 is 1.64 bits per heavy atom. The van der Waals surface area contributed by atoms with E-state index in [9.17, 15) is 14.7 Å². The van der Waals surface area contributed by atoms with Gasteiger partial charge in [0.05, 0.1) is 18.1 Å². The molecule has 0 unspecified atom stereocenters. The van der Waals surface area contributed by atoms with Gasteiger partial charge >= 0.3 is 5.97 Å². The smallest absolute Gasteiger partial charge is 0.314 e. The van der Waals surface area contributed by atoms with Gasteiger partial charge in [0.2, 0.25) is 0 Å². The lowest BCUT2D eigenvalue weighted by Crippen LogP contribution is -2.49. The van der Waals surface area contributed by atoms with Gasteiger partial charge in [0, 0.05) is 18.7 Å². The van der Waals surface area contributed by atoms with Gasteiger partial charge in [-0.1, -0.05) is 42.5 Å². The van der Waals surface area contributed by atoms with Gasteiger partial charge in [0.15, 0.2) is 0 Å². The zero-order valence-electron chi connectivity index (χ0n) is 16.4. The van der Waals surface area contributed by atoms with E-state index in [1.54, 1.807) is 4.90 Å². The molecule has 1 amide bonds. The second kappa shape index (κ2) is 8.57. The summed E-state index contributed by atoms with van der Waals surface area (Å²) in [4.78, 5) is 26.7. The summed E-state index contributed by atoms with van der Waals surface area (Å²) in [6.07, 6.45) is 0.991. The molecule has 1 fully saturated rings. The summed E-state index contributed by atoms with van der Waals surface area (Å²) in [5.74, 6) is -0.872. The quantitative estimate of drug-likeness (QED) is 0.825. The molecule has 3 rings (SSSR count). The lowest BCUT2D eigenvalue weighted by molar-refractivity contribution is -0.145. The van der Waals surface area contributed by atoms with Crippen molar-refractivity contribution in [3.05, 3.63) is 71.3 Å². The monoisotopic (exact) mass is 381 g/mol. The molecule has 2 aromatic carbocycles. The number of hydrogen-bond donors (Lipinski definition) is 1. The molecule has 28 heavy (non-hydrogen) atoms. The van der Waals surface area contributed by atoms with Crippen molar-refractivity contribution in [2.45, 2.75) is 44.8 Å². The molecule has 0 saturated carbocycles. The van der Waals surface area contributed by atoms with Crippen molar-refractivity contribution in [2.24, 2.45) is 0 Å². The predicted octanol–water partition coefficient (Wildman–Crippen LogP) is 3.87. The number of rotatable bonds is 6. The zero-order chi connectivity index (χ0) is 20.1. The fourth-order valence-corrected chi connectivity index (χ4v) is 3.66. The average molecular weight is 381 g/mol. The van der Waals surface area contributed by atoms with Crippen LogP contribution < -0.4 is 0 Å². The number of carbonyl (C=O) groups excluding carboxylic acids is 1. The molecule has 0 spiro atoms. The van der Waals surface area contributed by atoms with Crippen LogP contribution in [-0.2, 0) is 21.6 Å². The van der Waals surface area contributed by atoms with Gasteiger partial charge in [-0.05, 0) is 49.9 Å². The van der Waals surface area contributed by atoms with E-state index in [-0.39, 0.29) is 12.0 Å². The number of hydrogen-bond acceptors (Lipinski definition) is 3. The number of likely N-dealkylation sites (tertiary alicyclic amines) is 1. The first-order chi connectivity index (χ1) is 13.4. The van der Waals surface area contributed by atoms with Gasteiger partial charge in [0.1, 0.15) is 0 Å². The molecule has 1 saturated heterocycles. The fourth-order valence-electron chi connectivity index (χ4n) is 3.66. The first kappa shape index (κ1) is 20.1. The lowest BCUT2D eigenvalue weighted by Gasteiger charge is -2.39. The number of carboxylic acids is 1. The van der Waals surface area contributed by atoms with E-state index in [1.807, 2.05) is 68.4 Å². The van der Waals surface area contributed by atoms with Crippen molar-refractivity contribution in [1.29, 1.82) is 0 Å². The maximum Gasteiger partial charge on any atom is 0.314 e. The van der Waals surface area contributed by atoms with Crippen molar-refractivity contribution in [3.63, 3.8) is 0 Å². The number of carbonyl (C=O) groups is 2. The highest BCUT2D eigenvalue weighted by atomic mass is 16.5. The maximum absolute atomic E-state index is 12.8. The largest absolute Gasteiger partial charge is 0.481 e. The van der Waals surface area contributed by atoms with Crippen LogP contribution in [0.5, 0.6) is 0 Å². The number of nitrogens with zero attached hydrogens (tertiary/aromatic N) is 1. The summed E-state index contributed by atoms with van der Waals surface area (Å²) in [7, 11) is 0. The summed E-state index contributed by atoms with van der Waals surface area (Å²) in [6, 6.07) is 16.8. The summed E-state index contributed by atoms with van der Waals surface area (Å²) in [5.41, 5.74) is 1.54. The highest BCUT2D eigenvalue weighted by molar-refractivity contribution is 5.94.